The third-order valence-corrected chi connectivity index (χ3v) is 3.33. The van der Waals surface area contributed by atoms with Gasteiger partial charge in [0.15, 0.2) is 0 Å². The van der Waals surface area contributed by atoms with E-state index in [4.69, 9.17) is 9.84 Å². The normalized spacial score (nSPS) is 19.2. The molecular weight excluding hydrogens is 214 g/mol. The quantitative estimate of drug-likeness (QED) is 0.860. The summed E-state index contributed by atoms with van der Waals surface area (Å²) in [5.41, 5.74) is 2.54. The van der Waals surface area contributed by atoms with Crippen LogP contribution in [-0.4, -0.2) is 42.9 Å². The Morgan fingerprint density at radius 1 is 1.24 bits per heavy atom. The average molecular weight is 235 g/mol. The van der Waals surface area contributed by atoms with Crippen molar-refractivity contribution in [2.45, 2.75) is 19.4 Å². The van der Waals surface area contributed by atoms with Gasteiger partial charge in [0.2, 0.25) is 0 Å². The van der Waals surface area contributed by atoms with E-state index in [0.717, 1.165) is 32.8 Å². The summed E-state index contributed by atoms with van der Waals surface area (Å²) in [6, 6.07) is 8.57. The molecule has 1 aliphatic rings. The van der Waals surface area contributed by atoms with Gasteiger partial charge in [0.25, 0.3) is 0 Å². The number of ether oxygens (including phenoxy) is 1. The molecule has 1 aromatic carbocycles. The van der Waals surface area contributed by atoms with Gasteiger partial charge in [0.05, 0.1) is 13.2 Å². The van der Waals surface area contributed by atoms with Crippen molar-refractivity contribution in [2.24, 2.45) is 0 Å². The van der Waals surface area contributed by atoms with Crippen molar-refractivity contribution in [1.82, 2.24) is 4.90 Å². The first-order valence-electron chi connectivity index (χ1n) is 6.29. The van der Waals surface area contributed by atoms with Gasteiger partial charge in [-0.05, 0) is 11.1 Å². The topological polar surface area (TPSA) is 32.7 Å². The lowest BCUT2D eigenvalue weighted by Gasteiger charge is -2.26. The van der Waals surface area contributed by atoms with Crippen LogP contribution in [0.1, 0.15) is 24.0 Å². The molecule has 1 unspecified atom stereocenters. The van der Waals surface area contributed by atoms with Crippen LogP contribution >= 0.6 is 0 Å². The second kappa shape index (κ2) is 6.15. The van der Waals surface area contributed by atoms with E-state index in [9.17, 15) is 0 Å². The Morgan fingerprint density at radius 2 is 1.88 bits per heavy atom. The monoisotopic (exact) mass is 235 g/mol. The summed E-state index contributed by atoms with van der Waals surface area (Å²) in [5, 5.41) is 9.10. The Hall–Kier alpha value is -0.900. The molecule has 2 rings (SSSR count). The van der Waals surface area contributed by atoms with Crippen LogP contribution < -0.4 is 0 Å². The summed E-state index contributed by atoms with van der Waals surface area (Å²) in [7, 11) is 0. The second-order valence-corrected chi connectivity index (χ2v) is 4.71. The molecule has 94 valence electrons. The van der Waals surface area contributed by atoms with Crippen molar-refractivity contribution in [2.75, 3.05) is 32.9 Å². The standard InChI is InChI=1S/C14H21NO2/c1-12(11-16)14-4-2-13(3-5-14)10-15-6-8-17-9-7-15/h2-5,12,16H,6-11H2,1H3. The minimum absolute atomic E-state index is 0.211. The highest BCUT2D eigenvalue weighted by molar-refractivity contribution is 5.25. The first kappa shape index (κ1) is 12.6. The number of morpholine rings is 1. The highest BCUT2D eigenvalue weighted by atomic mass is 16.5. The average Bonchev–Trinajstić information content (AvgIpc) is 2.40. The molecule has 1 fully saturated rings. The molecule has 1 heterocycles. The fourth-order valence-corrected chi connectivity index (χ4v) is 2.07. The van der Waals surface area contributed by atoms with Crippen LogP contribution in [0, 0.1) is 0 Å². The zero-order valence-electron chi connectivity index (χ0n) is 10.4. The molecular formula is C14H21NO2. The van der Waals surface area contributed by atoms with Gasteiger partial charge in [0.1, 0.15) is 0 Å². The maximum atomic E-state index is 9.10. The first-order valence-corrected chi connectivity index (χ1v) is 6.29. The van der Waals surface area contributed by atoms with Crippen molar-refractivity contribution in [3.63, 3.8) is 0 Å². The molecule has 17 heavy (non-hydrogen) atoms. The van der Waals surface area contributed by atoms with Gasteiger partial charge in [-0.25, -0.2) is 0 Å². The summed E-state index contributed by atoms with van der Waals surface area (Å²) in [4.78, 5) is 2.41. The summed E-state index contributed by atoms with van der Waals surface area (Å²) in [5.74, 6) is 0.229. The van der Waals surface area contributed by atoms with Crippen molar-refractivity contribution in [3.8, 4) is 0 Å². The van der Waals surface area contributed by atoms with Crippen LogP contribution in [0.25, 0.3) is 0 Å². The maximum Gasteiger partial charge on any atom is 0.0594 e. The molecule has 0 aromatic heterocycles. The van der Waals surface area contributed by atoms with Gasteiger partial charge < -0.3 is 9.84 Å². The largest absolute Gasteiger partial charge is 0.396 e. The van der Waals surface area contributed by atoms with Crippen LogP contribution in [-0.2, 0) is 11.3 Å². The van der Waals surface area contributed by atoms with Crippen molar-refractivity contribution >= 4 is 0 Å². The smallest absolute Gasteiger partial charge is 0.0594 e. The number of benzene rings is 1. The molecule has 0 aliphatic carbocycles. The number of aliphatic hydroxyl groups excluding tert-OH is 1. The number of rotatable bonds is 4. The minimum atomic E-state index is 0.211. The summed E-state index contributed by atoms with van der Waals surface area (Å²) in [6.45, 7) is 6.99. The zero-order chi connectivity index (χ0) is 12.1. The Balaban J connectivity index is 1.93. The molecule has 0 radical (unpaired) electrons. The van der Waals surface area contributed by atoms with Crippen LogP contribution in [0.5, 0.6) is 0 Å². The van der Waals surface area contributed by atoms with Gasteiger partial charge in [0, 0.05) is 32.2 Å². The van der Waals surface area contributed by atoms with Crippen LogP contribution in [0.3, 0.4) is 0 Å². The fourth-order valence-electron chi connectivity index (χ4n) is 2.07. The van der Waals surface area contributed by atoms with Crippen molar-refractivity contribution in [1.29, 1.82) is 0 Å². The predicted molar refractivity (Wildman–Crippen MR) is 68.0 cm³/mol. The Labute approximate surface area is 103 Å². The molecule has 3 nitrogen and oxygen atoms in total. The summed E-state index contributed by atoms with van der Waals surface area (Å²) >= 11 is 0. The Kier molecular flexibility index (Phi) is 4.54. The van der Waals surface area contributed by atoms with E-state index in [1.807, 2.05) is 6.92 Å². The van der Waals surface area contributed by atoms with Gasteiger partial charge >= 0.3 is 0 Å². The Bertz CT molecular complexity index is 331. The van der Waals surface area contributed by atoms with Gasteiger partial charge in [-0.1, -0.05) is 31.2 Å². The van der Waals surface area contributed by atoms with Gasteiger partial charge in [-0.2, -0.15) is 0 Å². The molecule has 1 saturated heterocycles. The molecule has 0 spiro atoms. The van der Waals surface area contributed by atoms with Crippen LogP contribution in [0.15, 0.2) is 24.3 Å². The fraction of sp³-hybridized carbons (Fsp3) is 0.571. The molecule has 1 aromatic rings. The number of nitrogens with zero attached hydrogens (tertiary/aromatic N) is 1. The third kappa shape index (κ3) is 3.53. The first-order chi connectivity index (χ1) is 8.29. The van der Waals surface area contributed by atoms with E-state index in [1.165, 1.54) is 11.1 Å². The van der Waals surface area contributed by atoms with Gasteiger partial charge in [-0.15, -0.1) is 0 Å². The molecule has 1 atom stereocenters. The molecule has 3 heteroatoms. The van der Waals surface area contributed by atoms with Crippen LogP contribution in [0.4, 0.5) is 0 Å². The summed E-state index contributed by atoms with van der Waals surface area (Å²) < 4.78 is 5.33. The highest BCUT2D eigenvalue weighted by Crippen LogP contribution is 2.16. The second-order valence-electron chi connectivity index (χ2n) is 4.71. The Morgan fingerprint density at radius 3 is 2.47 bits per heavy atom. The lowest BCUT2D eigenvalue weighted by molar-refractivity contribution is 0.0342. The van der Waals surface area contributed by atoms with Gasteiger partial charge in [-0.3, -0.25) is 4.90 Å². The highest BCUT2D eigenvalue weighted by Gasteiger charge is 2.10. The minimum Gasteiger partial charge on any atom is -0.396 e. The van der Waals surface area contributed by atoms with E-state index < -0.39 is 0 Å². The number of hydrogen-bond acceptors (Lipinski definition) is 3. The van der Waals surface area contributed by atoms with Crippen molar-refractivity contribution in [3.05, 3.63) is 35.4 Å². The molecule has 1 N–H and O–H groups in total. The third-order valence-electron chi connectivity index (χ3n) is 3.33. The lowest BCUT2D eigenvalue weighted by Crippen LogP contribution is -2.35. The molecule has 1 aliphatic heterocycles. The summed E-state index contributed by atoms with van der Waals surface area (Å²) in [6.07, 6.45) is 0. The zero-order valence-corrected chi connectivity index (χ0v) is 10.4. The van der Waals surface area contributed by atoms with Crippen molar-refractivity contribution < 1.29 is 9.84 Å². The van der Waals surface area contributed by atoms with E-state index in [2.05, 4.69) is 29.2 Å². The molecule has 0 bridgehead atoms. The van der Waals surface area contributed by atoms with Crippen LogP contribution in [0.2, 0.25) is 0 Å². The molecule has 0 saturated carbocycles. The predicted octanol–water partition coefficient (Wildman–Crippen LogP) is 1.61. The van der Waals surface area contributed by atoms with E-state index in [1.54, 1.807) is 0 Å². The number of aliphatic hydroxyl groups is 1. The maximum absolute atomic E-state index is 9.10. The SMILES string of the molecule is CC(CO)c1ccc(CN2CCOCC2)cc1. The molecule has 0 amide bonds. The van der Waals surface area contributed by atoms with E-state index >= 15 is 0 Å². The van der Waals surface area contributed by atoms with E-state index in [0.29, 0.717) is 0 Å². The number of hydrogen-bond donors (Lipinski definition) is 1. The lowest BCUT2D eigenvalue weighted by atomic mass is 10.0. The van der Waals surface area contributed by atoms with E-state index in [-0.39, 0.29) is 12.5 Å².